The summed E-state index contributed by atoms with van der Waals surface area (Å²) in [6.45, 7) is 6.53. The minimum atomic E-state index is -0.829. The second kappa shape index (κ2) is 4.72. The van der Waals surface area contributed by atoms with Gasteiger partial charge in [-0.3, -0.25) is 4.90 Å². The molecule has 16 heavy (non-hydrogen) atoms. The Labute approximate surface area is 96.6 Å². The van der Waals surface area contributed by atoms with Crippen LogP contribution in [0, 0.1) is 11.8 Å². The van der Waals surface area contributed by atoms with Crippen molar-refractivity contribution in [3.05, 3.63) is 0 Å². The summed E-state index contributed by atoms with van der Waals surface area (Å²) in [5.41, 5.74) is 0. The zero-order valence-electron chi connectivity index (χ0n) is 10.1. The third kappa shape index (κ3) is 2.38. The Bertz CT molecular complexity index is 261. The first-order valence-corrected chi connectivity index (χ1v) is 6.16. The number of rotatable bonds is 3. The number of nitrogens with zero attached hydrogens (tertiary/aromatic N) is 1. The maximum atomic E-state index is 10.8. The number of hydrogen-bond donors (Lipinski definition) is 1. The molecule has 1 aliphatic heterocycles. The van der Waals surface area contributed by atoms with Crippen LogP contribution >= 0.6 is 0 Å². The lowest BCUT2D eigenvalue weighted by Crippen LogP contribution is -2.54. The minimum absolute atomic E-state index is 0.555. The third-order valence-electron chi connectivity index (χ3n) is 3.98. The Kier molecular flexibility index (Phi) is 3.50. The Morgan fingerprint density at radius 2 is 2.12 bits per heavy atom. The number of carbonyl (C=O) groups is 1. The van der Waals surface area contributed by atoms with E-state index in [-0.39, 0.29) is 0 Å². The van der Waals surface area contributed by atoms with E-state index in [2.05, 4.69) is 18.7 Å². The fourth-order valence-corrected chi connectivity index (χ4v) is 2.62. The second-order valence-electron chi connectivity index (χ2n) is 5.32. The van der Waals surface area contributed by atoms with Crippen molar-refractivity contribution in [1.82, 2.24) is 4.90 Å². The van der Waals surface area contributed by atoms with Gasteiger partial charge in [0, 0.05) is 19.1 Å². The van der Waals surface area contributed by atoms with Crippen LogP contribution in [0.3, 0.4) is 0 Å². The quantitative estimate of drug-likeness (QED) is 0.787. The first kappa shape index (κ1) is 11.9. The van der Waals surface area contributed by atoms with Crippen LogP contribution < -0.4 is 0 Å². The van der Waals surface area contributed by atoms with E-state index in [1.54, 1.807) is 0 Å². The Balaban J connectivity index is 1.81. The summed E-state index contributed by atoms with van der Waals surface area (Å²) < 4.78 is 5.22. The van der Waals surface area contributed by atoms with Gasteiger partial charge in [-0.25, -0.2) is 4.79 Å². The van der Waals surface area contributed by atoms with Crippen LogP contribution in [0.4, 0.5) is 0 Å². The molecule has 1 N–H and O–H groups in total. The van der Waals surface area contributed by atoms with Crippen LogP contribution in [0.5, 0.6) is 0 Å². The molecule has 2 rings (SSSR count). The van der Waals surface area contributed by atoms with Gasteiger partial charge in [-0.05, 0) is 24.7 Å². The highest BCUT2D eigenvalue weighted by Crippen LogP contribution is 2.37. The molecule has 2 aliphatic rings. The Morgan fingerprint density at radius 3 is 2.69 bits per heavy atom. The number of morpholine rings is 1. The summed E-state index contributed by atoms with van der Waals surface area (Å²) in [6, 6.07) is 0.596. The molecular formula is C12H21NO3. The van der Waals surface area contributed by atoms with Gasteiger partial charge < -0.3 is 9.84 Å². The molecule has 0 bridgehead atoms. The van der Waals surface area contributed by atoms with Crippen LogP contribution in [0.2, 0.25) is 0 Å². The number of carboxylic acid groups (broad SMARTS) is 1. The first-order valence-electron chi connectivity index (χ1n) is 6.16. The molecule has 1 unspecified atom stereocenters. The van der Waals surface area contributed by atoms with Gasteiger partial charge >= 0.3 is 5.97 Å². The van der Waals surface area contributed by atoms with E-state index in [4.69, 9.17) is 9.84 Å². The molecule has 1 saturated carbocycles. The summed E-state index contributed by atoms with van der Waals surface area (Å²) in [4.78, 5) is 13.1. The van der Waals surface area contributed by atoms with Crippen molar-refractivity contribution in [1.29, 1.82) is 0 Å². The molecule has 92 valence electrons. The van der Waals surface area contributed by atoms with E-state index in [0.29, 0.717) is 19.2 Å². The number of aliphatic carboxylic acids is 1. The largest absolute Gasteiger partial charge is 0.479 e. The Morgan fingerprint density at radius 1 is 1.44 bits per heavy atom. The predicted molar refractivity (Wildman–Crippen MR) is 60.3 cm³/mol. The van der Waals surface area contributed by atoms with Crippen molar-refractivity contribution in [2.75, 3.05) is 19.7 Å². The van der Waals surface area contributed by atoms with Crippen LogP contribution in [-0.4, -0.2) is 47.8 Å². The molecule has 0 radical (unpaired) electrons. The van der Waals surface area contributed by atoms with Crippen LogP contribution in [-0.2, 0) is 9.53 Å². The topological polar surface area (TPSA) is 49.8 Å². The van der Waals surface area contributed by atoms with Gasteiger partial charge in [-0.15, -0.1) is 0 Å². The molecule has 0 aromatic carbocycles. The SMILES string of the molecule is CC(C)C1CC(N2CCOC(C(=O)O)C2)C1. The molecule has 0 aromatic rings. The average Bonchev–Trinajstić information content (AvgIpc) is 2.15. The van der Waals surface area contributed by atoms with Crippen LogP contribution in [0.1, 0.15) is 26.7 Å². The standard InChI is InChI=1S/C12H21NO3/c1-8(2)9-5-10(6-9)13-3-4-16-11(7-13)12(14)15/h8-11H,3-7H2,1-2H3,(H,14,15). The van der Waals surface area contributed by atoms with E-state index in [1.807, 2.05) is 0 Å². The summed E-state index contributed by atoms with van der Waals surface area (Å²) >= 11 is 0. The molecule has 1 heterocycles. The van der Waals surface area contributed by atoms with Crippen molar-refractivity contribution < 1.29 is 14.6 Å². The first-order chi connectivity index (χ1) is 7.58. The van der Waals surface area contributed by atoms with Gasteiger partial charge in [-0.2, -0.15) is 0 Å². The molecular weight excluding hydrogens is 206 g/mol. The van der Waals surface area contributed by atoms with Crippen molar-refractivity contribution >= 4 is 5.97 Å². The molecule has 0 spiro atoms. The average molecular weight is 227 g/mol. The summed E-state index contributed by atoms with van der Waals surface area (Å²) in [5, 5.41) is 8.92. The van der Waals surface area contributed by atoms with Crippen molar-refractivity contribution in [3.8, 4) is 0 Å². The smallest absolute Gasteiger partial charge is 0.334 e. The minimum Gasteiger partial charge on any atom is -0.479 e. The van der Waals surface area contributed by atoms with Crippen LogP contribution in [0.15, 0.2) is 0 Å². The fraction of sp³-hybridized carbons (Fsp3) is 0.917. The number of carboxylic acids is 1. The maximum Gasteiger partial charge on any atom is 0.334 e. The normalized spacial score (nSPS) is 36.1. The van der Waals surface area contributed by atoms with Gasteiger partial charge in [0.1, 0.15) is 0 Å². The van der Waals surface area contributed by atoms with E-state index in [9.17, 15) is 4.79 Å². The fourth-order valence-electron chi connectivity index (χ4n) is 2.62. The zero-order chi connectivity index (χ0) is 11.7. The summed E-state index contributed by atoms with van der Waals surface area (Å²) in [6.07, 6.45) is 1.83. The molecule has 0 aromatic heterocycles. The molecule has 2 fully saturated rings. The van der Waals surface area contributed by atoms with Gasteiger partial charge in [0.25, 0.3) is 0 Å². The molecule has 0 amide bonds. The van der Waals surface area contributed by atoms with Gasteiger partial charge in [-0.1, -0.05) is 13.8 Å². The predicted octanol–water partition coefficient (Wildman–Crippen LogP) is 1.21. The second-order valence-corrected chi connectivity index (χ2v) is 5.32. The zero-order valence-corrected chi connectivity index (χ0v) is 10.1. The summed E-state index contributed by atoms with van der Waals surface area (Å²) in [5.74, 6) is 0.758. The summed E-state index contributed by atoms with van der Waals surface area (Å²) in [7, 11) is 0. The van der Waals surface area contributed by atoms with Gasteiger partial charge in [0.2, 0.25) is 0 Å². The highest BCUT2D eigenvalue weighted by molar-refractivity contribution is 5.72. The highest BCUT2D eigenvalue weighted by atomic mass is 16.5. The number of hydrogen-bond acceptors (Lipinski definition) is 3. The lowest BCUT2D eigenvalue weighted by Gasteiger charge is -2.46. The van der Waals surface area contributed by atoms with Crippen LogP contribution in [0.25, 0.3) is 0 Å². The number of ether oxygens (including phenoxy) is 1. The van der Waals surface area contributed by atoms with E-state index in [0.717, 1.165) is 18.4 Å². The highest BCUT2D eigenvalue weighted by Gasteiger charge is 2.38. The molecule has 1 aliphatic carbocycles. The maximum absolute atomic E-state index is 10.8. The van der Waals surface area contributed by atoms with Gasteiger partial charge in [0.15, 0.2) is 6.10 Å². The molecule has 4 heteroatoms. The van der Waals surface area contributed by atoms with E-state index < -0.39 is 12.1 Å². The van der Waals surface area contributed by atoms with Crippen molar-refractivity contribution in [2.24, 2.45) is 11.8 Å². The van der Waals surface area contributed by atoms with E-state index in [1.165, 1.54) is 12.8 Å². The van der Waals surface area contributed by atoms with E-state index >= 15 is 0 Å². The van der Waals surface area contributed by atoms with Gasteiger partial charge in [0.05, 0.1) is 6.61 Å². The van der Waals surface area contributed by atoms with Crippen molar-refractivity contribution in [3.63, 3.8) is 0 Å². The van der Waals surface area contributed by atoms with Crippen molar-refractivity contribution in [2.45, 2.75) is 38.8 Å². The lowest BCUT2D eigenvalue weighted by atomic mass is 9.73. The third-order valence-corrected chi connectivity index (χ3v) is 3.98. The molecule has 4 nitrogen and oxygen atoms in total. The lowest BCUT2D eigenvalue weighted by molar-refractivity contribution is -0.158. The monoisotopic (exact) mass is 227 g/mol. The molecule has 1 saturated heterocycles. The Hall–Kier alpha value is -0.610. The molecule has 1 atom stereocenters.